The number of hydrogen-bond acceptors (Lipinski definition) is 3. The first-order valence-electron chi connectivity index (χ1n) is 5.47. The highest BCUT2D eigenvalue weighted by Crippen LogP contribution is 2.35. The van der Waals surface area contributed by atoms with Crippen LogP contribution in [0.25, 0.3) is 0 Å². The van der Waals surface area contributed by atoms with Gasteiger partial charge in [0.15, 0.2) is 6.10 Å². The van der Waals surface area contributed by atoms with Gasteiger partial charge in [0, 0.05) is 24.3 Å². The third kappa shape index (κ3) is 1.86. The predicted octanol–water partition coefficient (Wildman–Crippen LogP) is 1.66. The van der Waals surface area contributed by atoms with Gasteiger partial charge in [-0.2, -0.15) is 0 Å². The maximum Gasteiger partial charge on any atom is 0.257 e. The van der Waals surface area contributed by atoms with E-state index in [9.17, 15) is 14.3 Å². The summed E-state index contributed by atoms with van der Waals surface area (Å²) in [7, 11) is 1.78. The minimum Gasteiger partial charge on any atom is -0.378 e. The molecular formula is C12H15FN2O2. The minimum absolute atomic E-state index is 0.143. The van der Waals surface area contributed by atoms with Crippen molar-refractivity contribution in [3.63, 3.8) is 0 Å². The number of fused-ring (bicyclic) bond motifs is 1. The molecule has 1 aromatic carbocycles. The molecule has 1 atom stereocenters. The average molecular weight is 238 g/mol. The molecule has 92 valence electrons. The van der Waals surface area contributed by atoms with Gasteiger partial charge in [-0.3, -0.25) is 4.79 Å². The lowest BCUT2D eigenvalue weighted by Gasteiger charge is -2.24. The van der Waals surface area contributed by atoms with E-state index in [4.69, 9.17) is 0 Å². The summed E-state index contributed by atoms with van der Waals surface area (Å²) in [5.41, 5.74) is 1.19. The Morgan fingerprint density at radius 1 is 1.47 bits per heavy atom. The SMILES string of the molecule is CC(C)N(C)c1cc2c(cc1F)C(O)C(=O)N2. The lowest BCUT2D eigenvalue weighted by atomic mass is 10.1. The molecular weight excluding hydrogens is 223 g/mol. The Labute approximate surface area is 99.0 Å². The summed E-state index contributed by atoms with van der Waals surface area (Å²) in [4.78, 5) is 13.0. The second kappa shape index (κ2) is 4.00. The van der Waals surface area contributed by atoms with Gasteiger partial charge in [0.2, 0.25) is 0 Å². The summed E-state index contributed by atoms with van der Waals surface area (Å²) in [5.74, 6) is -0.945. The van der Waals surface area contributed by atoms with Crippen molar-refractivity contribution in [3.05, 3.63) is 23.5 Å². The highest BCUT2D eigenvalue weighted by Gasteiger charge is 2.30. The Morgan fingerprint density at radius 3 is 2.71 bits per heavy atom. The quantitative estimate of drug-likeness (QED) is 0.823. The Morgan fingerprint density at radius 2 is 2.12 bits per heavy atom. The van der Waals surface area contributed by atoms with Crippen LogP contribution in [0, 0.1) is 5.82 Å². The number of benzene rings is 1. The van der Waals surface area contributed by atoms with Crippen molar-refractivity contribution < 1.29 is 14.3 Å². The minimum atomic E-state index is -1.27. The van der Waals surface area contributed by atoms with Crippen molar-refractivity contribution in [3.8, 4) is 0 Å². The van der Waals surface area contributed by atoms with Crippen LogP contribution >= 0.6 is 0 Å². The van der Waals surface area contributed by atoms with E-state index in [2.05, 4.69) is 5.32 Å². The van der Waals surface area contributed by atoms with E-state index in [-0.39, 0.29) is 6.04 Å². The van der Waals surface area contributed by atoms with E-state index in [1.807, 2.05) is 13.8 Å². The molecule has 0 radical (unpaired) electrons. The van der Waals surface area contributed by atoms with Gasteiger partial charge in [-0.1, -0.05) is 0 Å². The molecule has 1 aliphatic rings. The van der Waals surface area contributed by atoms with Gasteiger partial charge >= 0.3 is 0 Å². The number of carbonyl (C=O) groups is 1. The maximum absolute atomic E-state index is 13.9. The van der Waals surface area contributed by atoms with Gasteiger partial charge in [0.1, 0.15) is 5.82 Å². The van der Waals surface area contributed by atoms with Crippen LogP contribution < -0.4 is 10.2 Å². The molecule has 5 heteroatoms. The van der Waals surface area contributed by atoms with Crippen molar-refractivity contribution in [2.75, 3.05) is 17.3 Å². The predicted molar refractivity (Wildman–Crippen MR) is 63.5 cm³/mol. The molecule has 1 aliphatic heterocycles. The lowest BCUT2D eigenvalue weighted by Crippen LogP contribution is -2.26. The van der Waals surface area contributed by atoms with E-state index in [1.54, 1.807) is 18.0 Å². The molecule has 0 bridgehead atoms. The van der Waals surface area contributed by atoms with Gasteiger partial charge in [-0.15, -0.1) is 0 Å². The smallest absolute Gasteiger partial charge is 0.257 e. The van der Waals surface area contributed by atoms with Gasteiger partial charge in [-0.25, -0.2) is 4.39 Å². The summed E-state index contributed by atoms with van der Waals surface area (Å²) < 4.78 is 13.9. The summed E-state index contributed by atoms with van der Waals surface area (Å²) >= 11 is 0. The number of aliphatic hydroxyl groups is 1. The molecule has 1 amide bonds. The molecule has 4 nitrogen and oxygen atoms in total. The second-order valence-corrected chi connectivity index (χ2v) is 4.49. The van der Waals surface area contributed by atoms with E-state index in [1.165, 1.54) is 6.07 Å². The molecule has 0 fully saturated rings. The van der Waals surface area contributed by atoms with Gasteiger partial charge in [0.25, 0.3) is 5.91 Å². The van der Waals surface area contributed by atoms with Crippen LogP contribution in [0.15, 0.2) is 12.1 Å². The normalized spacial score (nSPS) is 18.2. The van der Waals surface area contributed by atoms with E-state index in [0.717, 1.165) is 0 Å². The molecule has 2 rings (SSSR count). The number of rotatable bonds is 2. The topological polar surface area (TPSA) is 52.6 Å². The van der Waals surface area contributed by atoms with Crippen LogP contribution in [0.1, 0.15) is 25.5 Å². The van der Waals surface area contributed by atoms with Crippen LogP contribution in [0.4, 0.5) is 15.8 Å². The van der Waals surface area contributed by atoms with Crippen molar-refractivity contribution in [1.82, 2.24) is 0 Å². The highest BCUT2D eigenvalue weighted by molar-refractivity contribution is 6.02. The number of hydrogen-bond donors (Lipinski definition) is 2. The number of amides is 1. The van der Waals surface area contributed by atoms with Crippen molar-refractivity contribution in [2.45, 2.75) is 26.0 Å². The van der Waals surface area contributed by atoms with Crippen molar-refractivity contribution >= 4 is 17.3 Å². The monoisotopic (exact) mass is 238 g/mol. The van der Waals surface area contributed by atoms with Crippen LogP contribution in [-0.4, -0.2) is 24.1 Å². The van der Waals surface area contributed by atoms with Crippen LogP contribution in [-0.2, 0) is 4.79 Å². The lowest BCUT2D eigenvalue weighted by molar-refractivity contribution is -0.123. The van der Waals surface area contributed by atoms with Crippen molar-refractivity contribution in [2.24, 2.45) is 0 Å². The van der Waals surface area contributed by atoms with E-state index in [0.29, 0.717) is 16.9 Å². The molecule has 0 saturated carbocycles. The Hall–Kier alpha value is -1.62. The largest absolute Gasteiger partial charge is 0.378 e. The molecule has 1 heterocycles. The first-order chi connectivity index (χ1) is 7.91. The zero-order valence-electron chi connectivity index (χ0n) is 9.99. The van der Waals surface area contributed by atoms with Crippen molar-refractivity contribution in [1.29, 1.82) is 0 Å². The van der Waals surface area contributed by atoms with Gasteiger partial charge in [-0.05, 0) is 26.0 Å². The number of nitrogens with one attached hydrogen (secondary N) is 1. The fourth-order valence-electron chi connectivity index (χ4n) is 1.80. The number of halogens is 1. The number of carbonyl (C=O) groups excluding carboxylic acids is 1. The number of nitrogens with zero attached hydrogens (tertiary/aromatic N) is 1. The summed E-state index contributed by atoms with van der Waals surface area (Å²) in [5, 5.41) is 12.0. The molecule has 1 aromatic rings. The van der Waals surface area contributed by atoms with Gasteiger partial charge < -0.3 is 15.3 Å². The van der Waals surface area contributed by atoms with E-state index >= 15 is 0 Å². The first kappa shape index (κ1) is 11.9. The zero-order valence-corrected chi connectivity index (χ0v) is 9.99. The fourth-order valence-corrected chi connectivity index (χ4v) is 1.80. The van der Waals surface area contributed by atoms with Gasteiger partial charge in [0.05, 0.1) is 5.69 Å². The molecule has 0 spiro atoms. The van der Waals surface area contributed by atoms with Crippen LogP contribution in [0.3, 0.4) is 0 Å². The summed E-state index contributed by atoms with van der Waals surface area (Å²) in [6.45, 7) is 3.89. The number of aliphatic hydroxyl groups excluding tert-OH is 1. The molecule has 1 unspecified atom stereocenters. The zero-order chi connectivity index (χ0) is 12.7. The fraction of sp³-hybridized carbons (Fsp3) is 0.417. The van der Waals surface area contributed by atoms with E-state index < -0.39 is 17.8 Å². The first-order valence-corrected chi connectivity index (χ1v) is 5.47. The highest BCUT2D eigenvalue weighted by atomic mass is 19.1. The Balaban J connectivity index is 2.47. The molecule has 0 saturated heterocycles. The summed E-state index contributed by atoms with van der Waals surface area (Å²) in [6, 6.07) is 2.91. The van der Waals surface area contributed by atoms with Crippen LogP contribution in [0.2, 0.25) is 0 Å². The third-order valence-electron chi connectivity index (χ3n) is 3.07. The standard InChI is InChI=1S/C12H15FN2O2/c1-6(2)15(3)10-5-9-7(4-8(10)13)11(16)12(17)14-9/h4-6,11,16H,1-3H3,(H,14,17). The third-order valence-corrected chi connectivity index (χ3v) is 3.07. The average Bonchev–Trinajstić information content (AvgIpc) is 2.53. The Bertz CT molecular complexity index is 474. The maximum atomic E-state index is 13.9. The molecule has 0 aromatic heterocycles. The second-order valence-electron chi connectivity index (χ2n) is 4.49. The molecule has 2 N–H and O–H groups in total. The number of anilines is 2. The summed E-state index contributed by atoms with van der Waals surface area (Å²) in [6.07, 6.45) is -1.27. The molecule has 17 heavy (non-hydrogen) atoms. The Kier molecular flexibility index (Phi) is 2.79. The molecule has 0 aliphatic carbocycles. The van der Waals surface area contributed by atoms with Crippen LogP contribution in [0.5, 0.6) is 0 Å².